The number of hydrogen-bond donors (Lipinski definition) is 3. The average Bonchev–Trinajstić information content (AvgIpc) is 3.00. The van der Waals surface area contributed by atoms with Gasteiger partial charge in [0.25, 0.3) is 10.1 Å². The van der Waals surface area contributed by atoms with Gasteiger partial charge < -0.3 is 10.4 Å². The second-order valence-corrected chi connectivity index (χ2v) is 13.6. The number of aliphatic hydroxyl groups excluding tert-OH is 1. The fraction of sp³-hybridized carbons (Fsp3) is 0.711. The van der Waals surface area contributed by atoms with E-state index < -0.39 is 28.0 Å². The van der Waals surface area contributed by atoms with E-state index in [2.05, 4.69) is 67.8 Å². The van der Waals surface area contributed by atoms with Crippen LogP contribution in [0.2, 0.25) is 0 Å². The average molecular weight is 650 g/mol. The van der Waals surface area contributed by atoms with E-state index >= 15 is 0 Å². The van der Waals surface area contributed by atoms with Gasteiger partial charge in [0, 0.05) is 6.42 Å². The summed E-state index contributed by atoms with van der Waals surface area (Å²) < 4.78 is 32.3. The van der Waals surface area contributed by atoms with E-state index in [4.69, 9.17) is 0 Å². The number of carbonyl (C=O) groups is 1. The van der Waals surface area contributed by atoms with Gasteiger partial charge in [-0.05, 0) is 70.6 Å². The second-order valence-electron chi connectivity index (χ2n) is 12.1. The maximum atomic E-state index is 12.4. The van der Waals surface area contributed by atoms with Crippen LogP contribution in [0, 0.1) is 0 Å². The molecule has 0 aromatic rings. The van der Waals surface area contributed by atoms with Crippen molar-refractivity contribution in [1.82, 2.24) is 5.32 Å². The van der Waals surface area contributed by atoms with Crippen LogP contribution in [0.5, 0.6) is 0 Å². The van der Waals surface area contributed by atoms with Crippen molar-refractivity contribution in [1.29, 1.82) is 0 Å². The smallest absolute Gasteiger partial charge is 0.267 e. The molecule has 0 fully saturated rings. The summed E-state index contributed by atoms with van der Waals surface area (Å²) in [6.07, 6.45) is 43.4. The standard InChI is InChI=1S/C38H67NO5S/c1-3-5-7-9-11-13-15-16-17-18-19-20-21-22-24-26-28-30-32-34-38(41)39-36(35-45(42,43)44)37(40)33-31-29-27-25-23-14-12-10-8-6-4-2/h11,13,16-17,19-20,23,25,31,33,36-37,40H,3-10,12,14-15,18,21-22,24,26-30,32,34-35H2,1-2H3,(H,39,41)(H,42,43,44)/b13-11-,17-16-,20-19-,25-23+,33-31+. The Hall–Kier alpha value is -1.96. The van der Waals surface area contributed by atoms with Crippen LogP contribution in [0.3, 0.4) is 0 Å². The van der Waals surface area contributed by atoms with Crippen LogP contribution in [0.4, 0.5) is 0 Å². The van der Waals surface area contributed by atoms with Crippen LogP contribution < -0.4 is 5.32 Å². The Kier molecular flexibility index (Phi) is 30.6. The molecular weight excluding hydrogens is 582 g/mol. The molecule has 7 heteroatoms. The van der Waals surface area contributed by atoms with Gasteiger partial charge in [-0.3, -0.25) is 9.35 Å². The molecule has 3 N–H and O–H groups in total. The fourth-order valence-electron chi connectivity index (χ4n) is 4.94. The molecule has 0 aromatic carbocycles. The maximum Gasteiger partial charge on any atom is 0.267 e. The molecule has 0 radical (unpaired) electrons. The van der Waals surface area contributed by atoms with Crippen molar-refractivity contribution >= 4 is 16.0 Å². The normalized spacial score (nSPS) is 14.1. The molecule has 0 bridgehead atoms. The van der Waals surface area contributed by atoms with Crippen LogP contribution in [-0.4, -0.2) is 41.9 Å². The van der Waals surface area contributed by atoms with Gasteiger partial charge in [0.15, 0.2) is 0 Å². The number of hydrogen-bond acceptors (Lipinski definition) is 4. The van der Waals surface area contributed by atoms with Crippen LogP contribution in [-0.2, 0) is 14.9 Å². The van der Waals surface area contributed by atoms with Gasteiger partial charge >= 0.3 is 0 Å². The topological polar surface area (TPSA) is 104 Å². The summed E-state index contributed by atoms with van der Waals surface area (Å²) in [4.78, 5) is 12.4. The zero-order valence-corrected chi connectivity index (χ0v) is 29.5. The van der Waals surface area contributed by atoms with E-state index in [0.717, 1.165) is 51.4 Å². The molecule has 6 nitrogen and oxygen atoms in total. The third kappa shape index (κ3) is 33.2. The van der Waals surface area contributed by atoms with Gasteiger partial charge in [-0.2, -0.15) is 8.42 Å². The monoisotopic (exact) mass is 649 g/mol. The highest BCUT2D eigenvalue weighted by atomic mass is 32.2. The number of unbranched alkanes of at least 4 members (excludes halogenated alkanes) is 15. The van der Waals surface area contributed by atoms with Crippen molar-refractivity contribution in [2.45, 2.75) is 167 Å². The largest absolute Gasteiger partial charge is 0.387 e. The highest BCUT2D eigenvalue weighted by molar-refractivity contribution is 7.85. The van der Waals surface area contributed by atoms with Crippen molar-refractivity contribution < 1.29 is 22.9 Å². The molecule has 2 unspecified atom stereocenters. The second kappa shape index (κ2) is 32.0. The summed E-state index contributed by atoms with van der Waals surface area (Å²) in [5.41, 5.74) is 0. The molecule has 260 valence electrons. The van der Waals surface area contributed by atoms with Gasteiger partial charge in [0.2, 0.25) is 5.91 Å². The molecule has 0 aromatic heterocycles. The molecule has 0 aliphatic heterocycles. The predicted molar refractivity (Wildman–Crippen MR) is 193 cm³/mol. The van der Waals surface area contributed by atoms with Crippen molar-refractivity contribution in [3.63, 3.8) is 0 Å². The molecule has 2 atom stereocenters. The van der Waals surface area contributed by atoms with E-state index in [1.807, 2.05) is 0 Å². The van der Waals surface area contributed by atoms with E-state index in [9.17, 15) is 22.9 Å². The van der Waals surface area contributed by atoms with Gasteiger partial charge in [-0.25, -0.2) is 0 Å². The van der Waals surface area contributed by atoms with Crippen LogP contribution in [0.15, 0.2) is 60.8 Å². The van der Waals surface area contributed by atoms with Crippen LogP contribution in [0.1, 0.15) is 155 Å². The van der Waals surface area contributed by atoms with Crippen LogP contribution >= 0.6 is 0 Å². The summed E-state index contributed by atoms with van der Waals surface area (Å²) in [6, 6.07) is -1.08. The lowest BCUT2D eigenvalue weighted by molar-refractivity contribution is -0.122. The summed E-state index contributed by atoms with van der Waals surface area (Å²) in [5.74, 6) is -1.02. The van der Waals surface area contributed by atoms with E-state index in [1.54, 1.807) is 6.08 Å². The summed E-state index contributed by atoms with van der Waals surface area (Å²) in [5, 5.41) is 13.1. The van der Waals surface area contributed by atoms with Gasteiger partial charge in [0.05, 0.1) is 17.9 Å². The molecule has 0 aliphatic carbocycles. The molecule has 0 saturated heterocycles. The van der Waals surface area contributed by atoms with Crippen molar-refractivity contribution in [3.05, 3.63) is 60.8 Å². The van der Waals surface area contributed by atoms with E-state index in [0.29, 0.717) is 12.8 Å². The molecule has 0 spiro atoms. The third-order valence-corrected chi connectivity index (χ3v) is 8.45. The minimum atomic E-state index is -4.35. The number of carbonyl (C=O) groups excluding carboxylic acids is 1. The number of aliphatic hydroxyl groups is 1. The lowest BCUT2D eigenvalue weighted by atomic mass is 10.1. The first-order valence-corrected chi connectivity index (χ1v) is 19.6. The minimum Gasteiger partial charge on any atom is -0.387 e. The molecule has 0 aliphatic rings. The van der Waals surface area contributed by atoms with Crippen LogP contribution in [0.25, 0.3) is 0 Å². The Morgan fingerprint density at radius 2 is 1.02 bits per heavy atom. The van der Waals surface area contributed by atoms with E-state index in [-0.39, 0.29) is 12.3 Å². The Morgan fingerprint density at radius 1 is 0.600 bits per heavy atom. The quantitative estimate of drug-likeness (QED) is 0.0394. The first kappa shape index (κ1) is 43.0. The lowest BCUT2D eigenvalue weighted by Crippen LogP contribution is -2.46. The Morgan fingerprint density at radius 3 is 1.60 bits per heavy atom. The summed E-state index contributed by atoms with van der Waals surface area (Å²) >= 11 is 0. The zero-order valence-electron chi connectivity index (χ0n) is 28.7. The molecule has 45 heavy (non-hydrogen) atoms. The fourth-order valence-corrected chi connectivity index (χ4v) is 5.67. The lowest BCUT2D eigenvalue weighted by Gasteiger charge is -2.21. The SMILES string of the molecule is CCCCC/C=C\C/C=C\C/C=C\CCCCCCCCC(=O)NC(CS(=O)(=O)O)C(O)/C=C/CC/C=C/CCCCCCC. The van der Waals surface area contributed by atoms with Gasteiger partial charge in [-0.1, -0.05) is 139 Å². The van der Waals surface area contributed by atoms with Gasteiger partial charge in [-0.15, -0.1) is 0 Å². The Bertz CT molecular complexity index is 936. The highest BCUT2D eigenvalue weighted by Gasteiger charge is 2.24. The van der Waals surface area contributed by atoms with Crippen molar-refractivity contribution in [2.75, 3.05) is 5.75 Å². The first-order chi connectivity index (χ1) is 21.8. The predicted octanol–water partition coefficient (Wildman–Crippen LogP) is 10.1. The van der Waals surface area contributed by atoms with E-state index in [1.165, 1.54) is 76.7 Å². The number of rotatable bonds is 31. The Labute approximate surface area is 277 Å². The zero-order chi connectivity index (χ0) is 33.3. The summed E-state index contributed by atoms with van der Waals surface area (Å²) in [7, 11) is -4.35. The van der Waals surface area contributed by atoms with Crippen molar-refractivity contribution in [3.8, 4) is 0 Å². The summed E-state index contributed by atoms with van der Waals surface area (Å²) in [6.45, 7) is 4.44. The molecule has 0 saturated carbocycles. The minimum absolute atomic E-state index is 0.270. The molecule has 0 rings (SSSR count). The Balaban J connectivity index is 4.05. The number of amides is 1. The molecular formula is C38H67NO5S. The number of nitrogens with one attached hydrogen (secondary N) is 1. The van der Waals surface area contributed by atoms with Crippen molar-refractivity contribution in [2.24, 2.45) is 0 Å². The molecule has 0 heterocycles. The molecule has 1 amide bonds. The highest BCUT2D eigenvalue weighted by Crippen LogP contribution is 2.11. The first-order valence-electron chi connectivity index (χ1n) is 18.0. The number of allylic oxidation sites excluding steroid dienone is 9. The van der Waals surface area contributed by atoms with Gasteiger partial charge in [0.1, 0.15) is 0 Å². The maximum absolute atomic E-state index is 12.4. The third-order valence-electron chi connectivity index (χ3n) is 7.67.